The van der Waals surface area contributed by atoms with Gasteiger partial charge in [0.05, 0.1) is 11.9 Å². The van der Waals surface area contributed by atoms with Crippen LogP contribution in [0.4, 0.5) is 5.69 Å². The third-order valence-corrected chi connectivity index (χ3v) is 2.84. The predicted molar refractivity (Wildman–Crippen MR) is 54.2 cm³/mol. The molecule has 1 aromatic heterocycles. The smallest absolute Gasteiger partial charge is 0.550 e. The number of anilines is 1. The molecular weight excluding hydrogens is 215 g/mol. The molecule has 0 N–H and O–H groups in total. The summed E-state index contributed by atoms with van der Waals surface area (Å²) in [6, 6.07) is 3.88. The fraction of sp³-hybridized carbons (Fsp3) is 0.455. The Balaban J connectivity index is 0.00000128. The summed E-state index contributed by atoms with van der Waals surface area (Å²) in [7, 11) is 0. The van der Waals surface area contributed by atoms with Crippen LogP contribution >= 0.6 is 0 Å². The maximum absolute atomic E-state index is 10.7. The number of carbonyl (C=O) groups is 1. The molecule has 0 atom stereocenters. The van der Waals surface area contributed by atoms with Gasteiger partial charge in [-0.15, -0.1) is 0 Å². The summed E-state index contributed by atoms with van der Waals surface area (Å²) in [5, 5.41) is 10.7. The molecule has 2 heterocycles. The third kappa shape index (κ3) is 3.20. The van der Waals surface area contributed by atoms with Crippen LogP contribution in [0.3, 0.4) is 0 Å². The van der Waals surface area contributed by atoms with Crippen LogP contribution in [0.15, 0.2) is 24.5 Å². The van der Waals surface area contributed by atoms with Crippen molar-refractivity contribution in [3.63, 3.8) is 0 Å². The van der Waals surface area contributed by atoms with Crippen molar-refractivity contribution in [1.82, 2.24) is 4.98 Å². The summed E-state index contributed by atoms with van der Waals surface area (Å²) < 4.78 is 0. The van der Waals surface area contributed by atoms with E-state index in [9.17, 15) is 9.90 Å². The molecule has 4 nitrogen and oxygen atoms in total. The molecule has 2 rings (SSSR count). The zero-order valence-corrected chi connectivity index (χ0v) is 11.4. The van der Waals surface area contributed by atoms with Gasteiger partial charge in [-0.25, -0.2) is 0 Å². The van der Waals surface area contributed by atoms with Gasteiger partial charge >= 0.3 is 29.6 Å². The first-order valence-electron chi connectivity index (χ1n) is 5.13. The van der Waals surface area contributed by atoms with E-state index in [1.165, 1.54) is 0 Å². The number of hydrogen-bond donors (Lipinski definition) is 0. The number of aromatic nitrogens is 1. The summed E-state index contributed by atoms with van der Waals surface area (Å²) >= 11 is 0. The van der Waals surface area contributed by atoms with Crippen molar-refractivity contribution in [3.8, 4) is 0 Å². The number of piperidine rings is 1. The van der Waals surface area contributed by atoms with Gasteiger partial charge in [-0.05, 0) is 25.0 Å². The van der Waals surface area contributed by atoms with Crippen LogP contribution in [0.1, 0.15) is 12.8 Å². The monoisotopic (exact) mass is 228 g/mol. The molecule has 0 amide bonds. The average Bonchev–Trinajstić information content (AvgIpc) is 2.30. The van der Waals surface area contributed by atoms with Gasteiger partial charge < -0.3 is 14.8 Å². The number of carboxylic acids is 1. The molecule has 5 heteroatoms. The number of pyridine rings is 1. The van der Waals surface area contributed by atoms with Crippen LogP contribution in [-0.2, 0) is 4.79 Å². The maximum atomic E-state index is 10.7. The Labute approximate surface area is 117 Å². The van der Waals surface area contributed by atoms with E-state index in [0.29, 0.717) is 12.8 Å². The van der Waals surface area contributed by atoms with Crippen molar-refractivity contribution in [2.24, 2.45) is 5.92 Å². The number of hydrogen-bond acceptors (Lipinski definition) is 4. The van der Waals surface area contributed by atoms with Crippen molar-refractivity contribution in [3.05, 3.63) is 24.5 Å². The normalized spacial score (nSPS) is 16.6. The van der Waals surface area contributed by atoms with Gasteiger partial charge in [0.2, 0.25) is 0 Å². The Morgan fingerprint density at radius 2 is 2.12 bits per heavy atom. The fourth-order valence-electron chi connectivity index (χ4n) is 1.91. The summed E-state index contributed by atoms with van der Waals surface area (Å²) in [4.78, 5) is 16.9. The van der Waals surface area contributed by atoms with Crippen LogP contribution in [0.5, 0.6) is 0 Å². The molecular formula is C11H13N2NaO2. The molecule has 16 heavy (non-hydrogen) atoms. The Bertz CT molecular complexity index is 337. The minimum atomic E-state index is -0.916. The van der Waals surface area contributed by atoms with Crippen LogP contribution in [0.25, 0.3) is 0 Å². The van der Waals surface area contributed by atoms with Crippen molar-refractivity contribution >= 4 is 11.7 Å². The molecule has 0 radical (unpaired) electrons. The van der Waals surface area contributed by atoms with Crippen molar-refractivity contribution in [2.45, 2.75) is 12.8 Å². The molecule has 0 aromatic carbocycles. The molecule has 0 unspecified atom stereocenters. The molecule has 1 aliphatic rings. The van der Waals surface area contributed by atoms with E-state index >= 15 is 0 Å². The SMILES string of the molecule is O=C([O-])C1CCN(c2cccnc2)CC1.[Na+]. The Hall–Kier alpha value is -0.580. The topological polar surface area (TPSA) is 56.3 Å². The van der Waals surface area contributed by atoms with Gasteiger partial charge in [-0.1, -0.05) is 0 Å². The second kappa shape index (κ2) is 6.23. The first kappa shape index (κ1) is 13.5. The number of carbonyl (C=O) groups excluding carboxylic acids is 1. The molecule has 1 aliphatic heterocycles. The largest absolute Gasteiger partial charge is 1.00 e. The van der Waals surface area contributed by atoms with E-state index < -0.39 is 5.97 Å². The molecule has 0 spiro atoms. The maximum Gasteiger partial charge on any atom is 1.00 e. The molecule has 1 aromatic rings. The number of aliphatic carboxylic acids is 1. The second-order valence-corrected chi connectivity index (χ2v) is 3.79. The summed E-state index contributed by atoms with van der Waals surface area (Å²) in [6.45, 7) is 1.54. The Kier molecular flexibility index (Phi) is 5.25. The molecule has 0 bridgehead atoms. The van der Waals surface area contributed by atoms with Gasteiger partial charge in [0.25, 0.3) is 0 Å². The number of rotatable bonds is 2. The standard InChI is InChI=1S/C11H14N2O2.Na/c14-11(15)9-3-6-13(7-4-9)10-2-1-5-12-8-10;/h1-2,5,8-9H,3-4,6-7H2,(H,14,15);/q;+1/p-1. The summed E-state index contributed by atoms with van der Waals surface area (Å²) in [5.41, 5.74) is 1.06. The van der Waals surface area contributed by atoms with Gasteiger partial charge in [-0.2, -0.15) is 0 Å². The zero-order valence-electron chi connectivity index (χ0n) is 9.43. The van der Waals surface area contributed by atoms with Crippen molar-refractivity contribution in [2.75, 3.05) is 18.0 Å². The van der Waals surface area contributed by atoms with Gasteiger partial charge in [-0.3, -0.25) is 4.98 Å². The van der Waals surface area contributed by atoms with E-state index in [0.717, 1.165) is 18.8 Å². The van der Waals surface area contributed by atoms with Crippen LogP contribution < -0.4 is 39.6 Å². The minimum Gasteiger partial charge on any atom is -0.550 e. The molecule has 1 fully saturated rings. The van der Waals surface area contributed by atoms with Gasteiger partial charge in [0, 0.05) is 31.2 Å². The van der Waals surface area contributed by atoms with E-state index in [-0.39, 0.29) is 35.5 Å². The molecule has 0 saturated carbocycles. The second-order valence-electron chi connectivity index (χ2n) is 3.79. The number of carboxylic acid groups (broad SMARTS) is 1. The third-order valence-electron chi connectivity index (χ3n) is 2.84. The van der Waals surface area contributed by atoms with Crippen LogP contribution in [0, 0.1) is 5.92 Å². The van der Waals surface area contributed by atoms with Crippen molar-refractivity contribution < 1.29 is 39.5 Å². The Morgan fingerprint density at radius 3 is 2.62 bits per heavy atom. The predicted octanol–water partition coefficient (Wildman–Crippen LogP) is -2.95. The van der Waals surface area contributed by atoms with E-state index in [2.05, 4.69) is 9.88 Å². The van der Waals surface area contributed by atoms with Gasteiger partial charge in [0.1, 0.15) is 0 Å². The first-order valence-corrected chi connectivity index (χ1v) is 5.13. The summed E-state index contributed by atoms with van der Waals surface area (Å²) in [6.07, 6.45) is 4.87. The summed E-state index contributed by atoms with van der Waals surface area (Å²) in [5.74, 6) is -1.20. The van der Waals surface area contributed by atoms with Gasteiger partial charge in [0.15, 0.2) is 0 Å². The van der Waals surface area contributed by atoms with E-state index in [1.54, 1.807) is 12.4 Å². The van der Waals surface area contributed by atoms with E-state index in [4.69, 9.17) is 0 Å². The Morgan fingerprint density at radius 1 is 1.44 bits per heavy atom. The average molecular weight is 228 g/mol. The van der Waals surface area contributed by atoms with Crippen LogP contribution in [0.2, 0.25) is 0 Å². The molecule has 0 aliphatic carbocycles. The fourth-order valence-corrected chi connectivity index (χ4v) is 1.91. The quantitative estimate of drug-likeness (QED) is 0.508. The van der Waals surface area contributed by atoms with E-state index in [1.807, 2.05) is 12.1 Å². The van der Waals surface area contributed by atoms with Crippen LogP contribution in [-0.4, -0.2) is 24.0 Å². The minimum absolute atomic E-state index is 0. The molecule has 80 valence electrons. The number of nitrogens with zero attached hydrogens (tertiary/aromatic N) is 2. The zero-order chi connectivity index (χ0) is 10.7. The first-order chi connectivity index (χ1) is 7.27. The van der Waals surface area contributed by atoms with Crippen molar-refractivity contribution in [1.29, 1.82) is 0 Å². The molecule has 1 saturated heterocycles.